The van der Waals surface area contributed by atoms with Crippen molar-refractivity contribution in [1.29, 1.82) is 0 Å². The molecular weight excluding hydrogens is 450 g/mol. The summed E-state index contributed by atoms with van der Waals surface area (Å²) in [5.74, 6) is -2.59. The molecule has 2 aromatic carbocycles. The first-order valence-corrected chi connectivity index (χ1v) is 10.9. The molecule has 1 fully saturated rings. The Hall–Kier alpha value is -3.53. The number of carbonyl (C=O) groups is 3. The fourth-order valence-corrected chi connectivity index (χ4v) is 4.44. The van der Waals surface area contributed by atoms with Gasteiger partial charge in [-0.05, 0) is 28.7 Å². The first kappa shape index (κ1) is 23.6. The van der Waals surface area contributed by atoms with Crippen LogP contribution in [0.5, 0.6) is 0 Å². The maximum absolute atomic E-state index is 12.6. The highest BCUT2D eigenvalue weighted by molar-refractivity contribution is 5.87. The van der Waals surface area contributed by atoms with Crippen molar-refractivity contribution in [3.63, 3.8) is 0 Å². The molecule has 0 radical (unpaired) electrons. The van der Waals surface area contributed by atoms with Gasteiger partial charge in [-0.25, -0.2) is 18.4 Å². The summed E-state index contributed by atoms with van der Waals surface area (Å²) in [5, 5.41) is 13.7. The average Bonchev–Trinajstić information content (AvgIpc) is 3.39. The van der Waals surface area contributed by atoms with Crippen LogP contribution < -0.4 is 10.6 Å². The third kappa shape index (κ3) is 5.01. The molecular formula is C24H24F2N2O6. The number of carboxylic acid groups (broad SMARTS) is 1. The maximum atomic E-state index is 12.6. The van der Waals surface area contributed by atoms with Gasteiger partial charge in [0.2, 0.25) is 6.43 Å². The molecule has 0 bridgehead atoms. The van der Waals surface area contributed by atoms with E-state index in [1.807, 2.05) is 48.5 Å². The largest absolute Gasteiger partial charge is 0.480 e. The molecule has 34 heavy (non-hydrogen) atoms. The first-order valence-electron chi connectivity index (χ1n) is 10.9. The van der Waals surface area contributed by atoms with Crippen molar-refractivity contribution >= 4 is 18.0 Å². The SMILES string of the molecule is O=C(NC1CCOC1C(=O)NC(CC(F)F)C(=O)O)OCC1c2ccccc2-c2ccccc21. The molecule has 0 spiro atoms. The average molecular weight is 474 g/mol. The Balaban J connectivity index is 1.36. The number of hydrogen-bond donors (Lipinski definition) is 3. The second-order valence-corrected chi connectivity index (χ2v) is 8.18. The highest BCUT2D eigenvalue weighted by Gasteiger charge is 2.38. The summed E-state index contributed by atoms with van der Waals surface area (Å²) in [7, 11) is 0. The lowest BCUT2D eigenvalue weighted by atomic mass is 9.98. The van der Waals surface area contributed by atoms with E-state index >= 15 is 0 Å². The van der Waals surface area contributed by atoms with Gasteiger partial charge in [0.1, 0.15) is 12.6 Å². The van der Waals surface area contributed by atoms with Crippen LogP contribution >= 0.6 is 0 Å². The molecule has 3 unspecified atom stereocenters. The Morgan fingerprint density at radius 1 is 1.06 bits per heavy atom. The van der Waals surface area contributed by atoms with Gasteiger partial charge in [0.05, 0.1) is 6.04 Å². The van der Waals surface area contributed by atoms with E-state index < -0.39 is 49.0 Å². The van der Waals surface area contributed by atoms with Crippen LogP contribution in [-0.4, -0.2) is 60.9 Å². The van der Waals surface area contributed by atoms with Crippen molar-refractivity contribution in [3.8, 4) is 11.1 Å². The second-order valence-electron chi connectivity index (χ2n) is 8.18. The number of carbonyl (C=O) groups excluding carboxylic acids is 2. The molecule has 3 N–H and O–H groups in total. The molecule has 180 valence electrons. The summed E-state index contributed by atoms with van der Waals surface area (Å²) in [4.78, 5) is 36.1. The topological polar surface area (TPSA) is 114 Å². The summed E-state index contributed by atoms with van der Waals surface area (Å²) in [5.41, 5.74) is 4.28. The monoisotopic (exact) mass is 474 g/mol. The molecule has 2 aliphatic rings. The van der Waals surface area contributed by atoms with E-state index in [4.69, 9.17) is 14.6 Å². The fourth-order valence-electron chi connectivity index (χ4n) is 4.44. The van der Waals surface area contributed by atoms with Gasteiger partial charge in [-0.1, -0.05) is 48.5 Å². The number of amides is 2. The van der Waals surface area contributed by atoms with E-state index in [1.54, 1.807) is 0 Å². The smallest absolute Gasteiger partial charge is 0.407 e. The summed E-state index contributed by atoms with van der Waals surface area (Å²) >= 11 is 0. The highest BCUT2D eigenvalue weighted by atomic mass is 19.3. The molecule has 3 atom stereocenters. The molecule has 1 heterocycles. The number of alkyl carbamates (subject to hydrolysis) is 1. The summed E-state index contributed by atoms with van der Waals surface area (Å²) in [6.07, 6.45) is -5.61. The molecule has 8 nitrogen and oxygen atoms in total. The molecule has 2 aromatic rings. The fraction of sp³-hybridized carbons (Fsp3) is 0.375. The van der Waals surface area contributed by atoms with Crippen molar-refractivity contribution in [2.24, 2.45) is 0 Å². The van der Waals surface area contributed by atoms with Gasteiger partial charge in [0, 0.05) is 18.9 Å². The summed E-state index contributed by atoms with van der Waals surface area (Å²) in [6, 6.07) is 13.2. The predicted octanol–water partition coefficient (Wildman–Crippen LogP) is 2.91. The Morgan fingerprint density at radius 3 is 2.26 bits per heavy atom. The first-order chi connectivity index (χ1) is 16.3. The van der Waals surface area contributed by atoms with Crippen LogP contribution in [0.2, 0.25) is 0 Å². The Kier molecular flexibility index (Phi) is 7.06. The minimum atomic E-state index is -2.90. The zero-order valence-corrected chi connectivity index (χ0v) is 18.1. The van der Waals surface area contributed by atoms with Crippen LogP contribution in [0.15, 0.2) is 48.5 Å². The van der Waals surface area contributed by atoms with E-state index in [0.717, 1.165) is 22.3 Å². The molecule has 1 aliphatic heterocycles. The number of benzene rings is 2. The molecule has 1 saturated heterocycles. The predicted molar refractivity (Wildman–Crippen MR) is 117 cm³/mol. The van der Waals surface area contributed by atoms with Crippen molar-refractivity contribution < 1.29 is 37.7 Å². The van der Waals surface area contributed by atoms with E-state index in [2.05, 4.69) is 10.6 Å². The summed E-state index contributed by atoms with van der Waals surface area (Å²) < 4.78 is 36.0. The van der Waals surface area contributed by atoms with Crippen LogP contribution in [0.3, 0.4) is 0 Å². The van der Waals surface area contributed by atoms with Gasteiger partial charge in [0.15, 0.2) is 6.10 Å². The quantitative estimate of drug-likeness (QED) is 0.542. The van der Waals surface area contributed by atoms with Crippen molar-refractivity contribution in [1.82, 2.24) is 10.6 Å². The molecule has 10 heteroatoms. The molecule has 1 aliphatic carbocycles. The number of hydrogen-bond acceptors (Lipinski definition) is 5. The second kappa shape index (κ2) is 10.2. The van der Waals surface area contributed by atoms with Gasteiger partial charge < -0.3 is 25.2 Å². The van der Waals surface area contributed by atoms with Crippen LogP contribution in [0.4, 0.5) is 13.6 Å². The van der Waals surface area contributed by atoms with Gasteiger partial charge in [-0.15, -0.1) is 0 Å². The molecule has 0 aromatic heterocycles. The van der Waals surface area contributed by atoms with Crippen LogP contribution in [-0.2, 0) is 19.1 Å². The molecule has 2 amide bonds. The van der Waals surface area contributed by atoms with Gasteiger partial charge in [-0.2, -0.15) is 0 Å². The lowest BCUT2D eigenvalue weighted by molar-refractivity contribution is -0.145. The number of halogens is 2. The van der Waals surface area contributed by atoms with Crippen molar-refractivity contribution in [3.05, 3.63) is 59.7 Å². The third-order valence-corrected chi connectivity index (χ3v) is 6.03. The van der Waals surface area contributed by atoms with E-state index in [1.165, 1.54) is 0 Å². The number of aliphatic carboxylic acids is 1. The van der Waals surface area contributed by atoms with Gasteiger partial charge in [0.25, 0.3) is 5.91 Å². The van der Waals surface area contributed by atoms with E-state index in [-0.39, 0.29) is 25.6 Å². The minimum Gasteiger partial charge on any atom is -0.480 e. The lowest BCUT2D eigenvalue weighted by Crippen LogP contribution is -2.52. The Morgan fingerprint density at radius 2 is 1.68 bits per heavy atom. The number of fused-ring (bicyclic) bond motifs is 3. The van der Waals surface area contributed by atoms with Crippen LogP contribution in [0, 0.1) is 0 Å². The lowest BCUT2D eigenvalue weighted by Gasteiger charge is -2.22. The minimum absolute atomic E-state index is 0.0831. The number of alkyl halides is 2. The zero-order chi connectivity index (χ0) is 24.2. The number of carboxylic acids is 1. The van der Waals surface area contributed by atoms with Crippen LogP contribution in [0.1, 0.15) is 29.9 Å². The number of ether oxygens (including phenoxy) is 2. The number of nitrogens with one attached hydrogen (secondary N) is 2. The van der Waals surface area contributed by atoms with E-state index in [9.17, 15) is 23.2 Å². The van der Waals surface area contributed by atoms with Gasteiger partial charge >= 0.3 is 12.1 Å². The molecule has 0 saturated carbocycles. The zero-order valence-electron chi connectivity index (χ0n) is 18.1. The standard InChI is InChI=1S/C24H24F2N2O6/c25-20(26)11-19(23(30)31)27-22(29)21-18(9-10-33-21)28-24(32)34-12-17-15-7-3-1-5-13(15)14-6-2-4-8-16(14)17/h1-8,17-21H,9-12H2,(H,27,29)(H,28,32)(H,30,31). The van der Waals surface area contributed by atoms with Crippen molar-refractivity contribution in [2.45, 2.75) is 43.4 Å². The molecule has 4 rings (SSSR count). The maximum Gasteiger partial charge on any atom is 0.407 e. The Bertz CT molecular complexity index is 1030. The third-order valence-electron chi connectivity index (χ3n) is 6.03. The summed E-state index contributed by atoms with van der Waals surface area (Å²) in [6.45, 7) is 0.221. The van der Waals surface area contributed by atoms with Crippen molar-refractivity contribution in [2.75, 3.05) is 13.2 Å². The van der Waals surface area contributed by atoms with Gasteiger partial charge in [-0.3, -0.25) is 4.79 Å². The van der Waals surface area contributed by atoms with Crippen LogP contribution in [0.25, 0.3) is 11.1 Å². The normalized spacial score (nSPS) is 19.9. The highest BCUT2D eigenvalue weighted by Crippen LogP contribution is 2.44. The Labute approximate surface area is 194 Å². The van der Waals surface area contributed by atoms with E-state index in [0.29, 0.717) is 0 Å². The number of rotatable bonds is 8.